The summed E-state index contributed by atoms with van der Waals surface area (Å²) in [4.78, 5) is 4.13. The van der Waals surface area contributed by atoms with Gasteiger partial charge in [0.25, 0.3) is 0 Å². The Balaban J connectivity index is 2.17. The summed E-state index contributed by atoms with van der Waals surface area (Å²) in [6.07, 6.45) is -3.04. The number of hydrogen-bond acceptors (Lipinski definition) is 4. The molecule has 8 heteroatoms. The summed E-state index contributed by atoms with van der Waals surface area (Å²) in [5, 5.41) is 6.49. The maximum atomic E-state index is 12.9. The van der Waals surface area contributed by atoms with E-state index in [9.17, 15) is 13.2 Å². The lowest BCUT2D eigenvalue weighted by molar-refractivity contribution is -0.138. The van der Waals surface area contributed by atoms with Crippen LogP contribution < -0.4 is 5.43 Å². The topological polar surface area (TPSA) is 37.3 Å². The highest BCUT2D eigenvalue weighted by atomic mass is 79.9. The van der Waals surface area contributed by atoms with Gasteiger partial charge in [0, 0.05) is 10.7 Å². The fraction of sp³-hybridized carbons (Fsp3) is 0.231. The third-order valence-electron chi connectivity index (χ3n) is 2.58. The molecule has 0 fully saturated rings. The summed E-state index contributed by atoms with van der Waals surface area (Å²) >= 11 is 4.43. The van der Waals surface area contributed by atoms with Gasteiger partial charge in [0.1, 0.15) is 0 Å². The number of benzene rings is 1. The summed E-state index contributed by atoms with van der Waals surface area (Å²) in [5.41, 5.74) is 3.45. The summed E-state index contributed by atoms with van der Waals surface area (Å²) in [6, 6.07) is 4.10. The predicted octanol–water partition coefficient (Wildman–Crippen LogP) is 4.81. The van der Waals surface area contributed by atoms with Gasteiger partial charge in [-0.2, -0.15) is 18.3 Å². The van der Waals surface area contributed by atoms with Gasteiger partial charge >= 0.3 is 6.18 Å². The van der Waals surface area contributed by atoms with E-state index in [2.05, 4.69) is 31.4 Å². The molecule has 0 saturated carbocycles. The fourth-order valence-electron chi connectivity index (χ4n) is 1.62. The minimum absolute atomic E-state index is 0.149. The molecule has 0 aliphatic carbocycles. The summed E-state index contributed by atoms with van der Waals surface area (Å²) in [5.74, 6) is 0. The van der Waals surface area contributed by atoms with E-state index in [4.69, 9.17) is 0 Å². The number of hydrazone groups is 1. The summed E-state index contributed by atoms with van der Waals surface area (Å²) in [7, 11) is 0. The van der Waals surface area contributed by atoms with Crippen molar-refractivity contribution in [2.75, 3.05) is 5.43 Å². The van der Waals surface area contributed by atoms with Crippen molar-refractivity contribution in [2.45, 2.75) is 18.4 Å². The third kappa shape index (κ3) is 4.28. The van der Waals surface area contributed by atoms with Crippen LogP contribution in [0.1, 0.15) is 22.4 Å². The van der Waals surface area contributed by atoms with Gasteiger partial charge in [-0.05, 0) is 24.1 Å². The van der Waals surface area contributed by atoms with Crippen molar-refractivity contribution >= 4 is 38.6 Å². The van der Waals surface area contributed by atoms with Crippen molar-refractivity contribution in [3.05, 3.63) is 46.0 Å². The Labute approximate surface area is 132 Å². The Bertz CT molecular complexity index is 652. The normalized spacial score (nSPS) is 12.0. The standard InChI is InChI=1S/C13H11BrF3N3S/c1-8-7-21-12(19-8)20-18-6-9-2-3-10(5-14)11(4-9)13(15,16)17/h2-4,6-7H,5H2,1H3,(H,19,20). The highest BCUT2D eigenvalue weighted by Crippen LogP contribution is 2.33. The number of alkyl halides is 4. The average Bonchev–Trinajstić information content (AvgIpc) is 2.83. The van der Waals surface area contributed by atoms with Crippen LogP contribution in [0.15, 0.2) is 28.7 Å². The van der Waals surface area contributed by atoms with Crippen LogP contribution in [0.25, 0.3) is 0 Å². The van der Waals surface area contributed by atoms with E-state index in [1.807, 2.05) is 12.3 Å². The summed E-state index contributed by atoms with van der Waals surface area (Å²) < 4.78 is 38.7. The van der Waals surface area contributed by atoms with E-state index in [-0.39, 0.29) is 10.9 Å². The number of aryl methyl sites for hydroxylation is 1. The molecule has 3 nitrogen and oxygen atoms in total. The second-order valence-corrected chi connectivity index (χ2v) is 5.63. The van der Waals surface area contributed by atoms with E-state index in [0.717, 1.165) is 11.8 Å². The molecule has 0 bridgehead atoms. The SMILES string of the molecule is Cc1csc(NN=Cc2ccc(CBr)c(C(F)(F)F)c2)n1. The molecule has 0 saturated heterocycles. The van der Waals surface area contributed by atoms with Crippen LogP contribution >= 0.6 is 27.3 Å². The van der Waals surface area contributed by atoms with E-state index >= 15 is 0 Å². The van der Waals surface area contributed by atoms with Crippen LogP contribution in [0.5, 0.6) is 0 Å². The number of anilines is 1. The lowest BCUT2D eigenvalue weighted by Gasteiger charge is -2.11. The van der Waals surface area contributed by atoms with Gasteiger partial charge in [0.2, 0.25) is 5.13 Å². The Morgan fingerprint density at radius 2 is 2.19 bits per heavy atom. The molecule has 1 aromatic carbocycles. The number of halogens is 4. The fourth-order valence-corrected chi connectivity index (χ4v) is 2.75. The molecule has 0 aliphatic rings. The van der Waals surface area contributed by atoms with Gasteiger partial charge in [-0.15, -0.1) is 11.3 Å². The highest BCUT2D eigenvalue weighted by Gasteiger charge is 2.33. The number of thiazole rings is 1. The lowest BCUT2D eigenvalue weighted by Crippen LogP contribution is -2.09. The van der Waals surface area contributed by atoms with Crippen LogP contribution in [0.2, 0.25) is 0 Å². The van der Waals surface area contributed by atoms with Gasteiger partial charge in [-0.25, -0.2) is 4.98 Å². The first-order valence-corrected chi connectivity index (χ1v) is 7.87. The van der Waals surface area contributed by atoms with Gasteiger partial charge in [0.05, 0.1) is 17.5 Å². The second-order valence-electron chi connectivity index (χ2n) is 4.21. The van der Waals surface area contributed by atoms with Crippen LogP contribution in [0, 0.1) is 6.92 Å². The molecule has 1 heterocycles. The van der Waals surface area contributed by atoms with E-state index in [1.54, 1.807) is 6.07 Å². The molecule has 0 spiro atoms. The molecular formula is C13H11BrF3N3S. The van der Waals surface area contributed by atoms with Crippen LogP contribution in [0.4, 0.5) is 18.3 Å². The van der Waals surface area contributed by atoms with Crippen molar-refractivity contribution < 1.29 is 13.2 Å². The monoisotopic (exact) mass is 377 g/mol. The van der Waals surface area contributed by atoms with Crippen molar-refractivity contribution in [1.29, 1.82) is 0 Å². The molecule has 21 heavy (non-hydrogen) atoms. The zero-order valence-corrected chi connectivity index (χ0v) is 13.3. The first kappa shape index (κ1) is 16.0. The second kappa shape index (κ2) is 6.57. The number of nitrogens with zero attached hydrogens (tertiary/aromatic N) is 2. The molecule has 0 amide bonds. The smallest absolute Gasteiger partial charge is 0.253 e. The maximum absolute atomic E-state index is 12.9. The highest BCUT2D eigenvalue weighted by molar-refractivity contribution is 9.08. The Morgan fingerprint density at radius 3 is 2.76 bits per heavy atom. The van der Waals surface area contributed by atoms with E-state index in [1.165, 1.54) is 23.6 Å². The number of hydrogen-bond donors (Lipinski definition) is 1. The Kier molecular flexibility index (Phi) is 5.00. The van der Waals surface area contributed by atoms with Crippen LogP contribution in [-0.4, -0.2) is 11.2 Å². The first-order valence-electron chi connectivity index (χ1n) is 5.87. The molecule has 2 rings (SSSR count). The first-order chi connectivity index (χ1) is 9.90. The molecule has 112 valence electrons. The quantitative estimate of drug-likeness (QED) is 0.471. The molecule has 0 radical (unpaired) electrons. The number of aromatic nitrogens is 1. The number of nitrogens with one attached hydrogen (secondary N) is 1. The van der Waals surface area contributed by atoms with Gasteiger partial charge in [-0.1, -0.05) is 28.1 Å². The van der Waals surface area contributed by atoms with Gasteiger partial charge in [-0.3, -0.25) is 5.43 Å². The van der Waals surface area contributed by atoms with Gasteiger partial charge in [0.15, 0.2) is 0 Å². The third-order valence-corrected chi connectivity index (χ3v) is 4.05. The summed E-state index contributed by atoms with van der Waals surface area (Å²) in [6.45, 7) is 1.85. The molecular weight excluding hydrogens is 367 g/mol. The van der Waals surface area contributed by atoms with Crippen LogP contribution in [0.3, 0.4) is 0 Å². The number of rotatable bonds is 4. The molecule has 0 unspecified atom stereocenters. The molecule has 1 N–H and O–H groups in total. The maximum Gasteiger partial charge on any atom is 0.416 e. The predicted molar refractivity (Wildman–Crippen MR) is 82.1 cm³/mol. The minimum Gasteiger partial charge on any atom is -0.253 e. The van der Waals surface area contributed by atoms with Crippen molar-refractivity contribution in [1.82, 2.24) is 4.98 Å². The Hall–Kier alpha value is -1.41. The van der Waals surface area contributed by atoms with E-state index < -0.39 is 11.7 Å². The van der Waals surface area contributed by atoms with Crippen molar-refractivity contribution in [2.24, 2.45) is 5.10 Å². The lowest BCUT2D eigenvalue weighted by atomic mass is 10.1. The van der Waals surface area contributed by atoms with Crippen molar-refractivity contribution in [3.63, 3.8) is 0 Å². The van der Waals surface area contributed by atoms with Crippen molar-refractivity contribution in [3.8, 4) is 0 Å². The molecule has 2 aromatic rings. The molecule has 0 aliphatic heterocycles. The zero-order chi connectivity index (χ0) is 15.5. The van der Waals surface area contributed by atoms with Crippen LogP contribution in [-0.2, 0) is 11.5 Å². The molecule has 1 aromatic heterocycles. The molecule has 0 atom stereocenters. The Morgan fingerprint density at radius 1 is 1.43 bits per heavy atom. The van der Waals surface area contributed by atoms with Gasteiger partial charge < -0.3 is 0 Å². The largest absolute Gasteiger partial charge is 0.416 e. The van der Waals surface area contributed by atoms with E-state index in [0.29, 0.717) is 10.7 Å². The minimum atomic E-state index is -4.38. The average molecular weight is 378 g/mol. The zero-order valence-electron chi connectivity index (χ0n) is 10.9.